The number of fused-ring (bicyclic) bond motifs is 1. The second-order valence-corrected chi connectivity index (χ2v) is 5.29. The Balaban J connectivity index is 2.48. The highest BCUT2D eigenvalue weighted by atomic mass is 35.5. The Hall–Kier alpha value is -1.06. The number of halogens is 1. The largest absolute Gasteiger partial charge is 0.325 e. The molecule has 1 aromatic carbocycles. The molecular formula is C12H16ClN3. The summed E-state index contributed by atoms with van der Waals surface area (Å²) >= 11 is 6.06. The van der Waals surface area contributed by atoms with Gasteiger partial charge in [0, 0.05) is 18.0 Å². The summed E-state index contributed by atoms with van der Waals surface area (Å²) in [4.78, 5) is 0. The third-order valence-electron chi connectivity index (χ3n) is 2.53. The lowest BCUT2D eigenvalue weighted by molar-refractivity contribution is 0.517. The fourth-order valence-corrected chi connectivity index (χ4v) is 2.17. The maximum absolute atomic E-state index is 6.06. The Morgan fingerprint density at radius 2 is 2.12 bits per heavy atom. The Morgan fingerprint density at radius 1 is 1.44 bits per heavy atom. The highest BCUT2D eigenvalue weighted by Crippen LogP contribution is 2.24. The highest BCUT2D eigenvalue weighted by Gasteiger charge is 2.13. The Labute approximate surface area is 100 Å². The summed E-state index contributed by atoms with van der Waals surface area (Å²) in [5, 5.41) is 5.72. The molecule has 2 rings (SSSR count). The minimum atomic E-state index is -0.206. The molecule has 0 fully saturated rings. The van der Waals surface area contributed by atoms with Gasteiger partial charge < -0.3 is 5.73 Å². The lowest BCUT2D eigenvalue weighted by atomic mass is 9.96. The fourth-order valence-electron chi connectivity index (χ4n) is 1.91. The van der Waals surface area contributed by atoms with Crippen molar-refractivity contribution < 1.29 is 0 Å². The molecule has 4 heteroatoms. The van der Waals surface area contributed by atoms with Crippen LogP contribution < -0.4 is 5.73 Å². The zero-order chi connectivity index (χ0) is 11.9. The Bertz CT molecular complexity index is 523. The van der Waals surface area contributed by atoms with Crippen LogP contribution in [-0.2, 0) is 13.5 Å². The zero-order valence-corrected chi connectivity index (χ0v) is 10.5. The molecular weight excluding hydrogens is 222 g/mol. The van der Waals surface area contributed by atoms with E-state index in [0.29, 0.717) is 5.15 Å². The number of rotatable bonds is 2. The van der Waals surface area contributed by atoms with Crippen LogP contribution in [0.4, 0.5) is 0 Å². The van der Waals surface area contributed by atoms with Gasteiger partial charge in [-0.25, -0.2) is 0 Å². The summed E-state index contributed by atoms with van der Waals surface area (Å²) in [5.41, 5.74) is 8.03. The second-order valence-electron chi connectivity index (χ2n) is 4.93. The van der Waals surface area contributed by atoms with Gasteiger partial charge in [0.05, 0.1) is 5.52 Å². The summed E-state index contributed by atoms with van der Waals surface area (Å²) < 4.78 is 1.79. The van der Waals surface area contributed by atoms with E-state index < -0.39 is 0 Å². The summed E-state index contributed by atoms with van der Waals surface area (Å²) in [6.45, 7) is 4.03. The van der Waals surface area contributed by atoms with Crippen LogP contribution in [0.2, 0.25) is 5.15 Å². The van der Waals surface area contributed by atoms with Crippen molar-refractivity contribution in [3.63, 3.8) is 0 Å². The predicted octanol–water partition coefficient (Wildman–Crippen LogP) is 2.51. The molecule has 0 aliphatic heterocycles. The van der Waals surface area contributed by atoms with E-state index >= 15 is 0 Å². The van der Waals surface area contributed by atoms with Gasteiger partial charge in [0.25, 0.3) is 0 Å². The normalized spacial score (nSPS) is 12.3. The van der Waals surface area contributed by atoms with E-state index in [1.807, 2.05) is 27.0 Å². The quantitative estimate of drug-likeness (QED) is 0.872. The molecule has 0 spiro atoms. The van der Waals surface area contributed by atoms with Gasteiger partial charge in [-0.1, -0.05) is 17.7 Å². The van der Waals surface area contributed by atoms with Gasteiger partial charge >= 0.3 is 0 Å². The highest BCUT2D eigenvalue weighted by molar-refractivity contribution is 6.34. The lowest BCUT2D eigenvalue weighted by Gasteiger charge is -2.18. The topological polar surface area (TPSA) is 43.8 Å². The van der Waals surface area contributed by atoms with Gasteiger partial charge in [-0.05, 0) is 38.0 Å². The van der Waals surface area contributed by atoms with Crippen molar-refractivity contribution in [2.45, 2.75) is 25.8 Å². The number of hydrogen-bond donors (Lipinski definition) is 1. The standard InChI is InChI=1S/C12H16ClN3/c1-12(2,14)7-8-4-5-10-9(6-8)11(13)15-16(10)3/h4-6H,7,14H2,1-3H3. The number of aryl methyl sites for hydroxylation is 1. The van der Waals surface area contributed by atoms with Crippen molar-refractivity contribution in [2.24, 2.45) is 12.8 Å². The maximum Gasteiger partial charge on any atom is 0.158 e. The van der Waals surface area contributed by atoms with Crippen LogP contribution in [0.1, 0.15) is 19.4 Å². The minimum Gasteiger partial charge on any atom is -0.325 e. The van der Waals surface area contributed by atoms with E-state index in [4.69, 9.17) is 17.3 Å². The SMILES string of the molecule is Cn1nc(Cl)c2cc(CC(C)(C)N)ccc21. The first-order valence-electron chi connectivity index (χ1n) is 5.27. The predicted molar refractivity (Wildman–Crippen MR) is 67.7 cm³/mol. The molecule has 3 nitrogen and oxygen atoms in total. The molecule has 2 N–H and O–H groups in total. The number of aromatic nitrogens is 2. The van der Waals surface area contributed by atoms with Crippen LogP contribution in [0.3, 0.4) is 0 Å². The first kappa shape index (κ1) is 11.4. The van der Waals surface area contributed by atoms with Crippen molar-refractivity contribution >= 4 is 22.5 Å². The van der Waals surface area contributed by atoms with Crippen LogP contribution in [0.15, 0.2) is 18.2 Å². The molecule has 0 saturated heterocycles. The van der Waals surface area contributed by atoms with E-state index in [2.05, 4.69) is 17.2 Å². The molecule has 1 heterocycles. The molecule has 0 atom stereocenters. The second kappa shape index (κ2) is 3.75. The van der Waals surface area contributed by atoms with Gasteiger partial charge in [0.2, 0.25) is 0 Å². The molecule has 16 heavy (non-hydrogen) atoms. The number of hydrogen-bond acceptors (Lipinski definition) is 2. The van der Waals surface area contributed by atoms with E-state index in [1.54, 1.807) is 4.68 Å². The first-order valence-corrected chi connectivity index (χ1v) is 5.65. The Kier molecular flexibility index (Phi) is 2.68. The molecule has 0 unspecified atom stereocenters. The van der Waals surface area contributed by atoms with Gasteiger partial charge in [-0.3, -0.25) is 4.68 Å². The first-order chi connectivity index (χ1) is 7.37. The van der Waals surface area contributed by atoms with Gasteiger partial charge in [-0.2, -0.15) is 5.10 Å². The van der Waals surface area contributed by atoms with E-state index in [9.17, 15) is 0 Å². The molecule has 86 valence electrons. The smallest absolute Gasteiger partial charge is 0.158 e. The van der Waals surface area contributed by atoms with Crippen molar-refractivity contribution in [3.05, 3.63) is 28.9 Å². The van der Waals surface area contributed by atoms with E-state index in [1.165, 1.54) is 5.56 Å². The fraction of sp³-hybridized carbons (Fsp3) is 0.417. The average molecular weight is 238 g/mol. The summed E-state index contributed by atoms with van der Waals surface area (Å²) in [5.74, 6) is 0. The minimum absolute atomic E-state index is 0.206. The summed E-state index contributed by atoms with van der Waals surface area (Å²) in [6, 6.07) is 6.18. The van der Waals surface area contributed by atoms with Crippen LogP contribution in [0, 0.1) is 0 Å². The van der Waals surface area contributed by atoms with E-state index in [-0.39, 0.29) is 5.54 Å². The third-order valence-corrected chi connectivity index (χ3v) is 2.81. The average Bonchev–Trinajstić information content (AvgIpc) is 2.40. The van der Waals surface area contributed by atoms with Crippen molar-refractivity contribution in [1.29, 1.82) is 0 Å². The lowest BCUT2D eigenvalue weighted by Crippen LogP contribution is -2.34. The number of nitrogens with two attached hydrogens (primary N) is 1. The van der Waals surface area contributed by atoms with Crippen LogP contribution in [0.5, 0.6) is 0 Å². The maximum atomic E-state index is 6.06. The molecule has 0 radical (unpaired) electrons. The number of benzene rings is 1. The summed E-state index contributed by atoms with van der Waals surface area (Å²) in [7, 11) is 1.89. The van der Waals surface area contributed by atoms with Gasteiger partial charge in [0.1, 0.15) is 0 Å². The summed E-state index contributed by atoms with van der Waals surface area (Å²) in [6.07, 6.45) is 0.828. The van der Waals surface area contributed by atoms with Crippen LogP contribution in [-0.4, -0.2) is 15.3 Å². The van der Waals surface area contributed by atoms with Gasteiger partial charge in [0.15, 0.2) is 5.15 Å². The van der Waals surface area contributed by atoms with Crippen molar-refractivity contribution in [3.8, 4) is 0 Å². The van der Waals surface area contributed by atoms with E-state index in [0.717, 1.165) is 17.3 Å². The molecule has 1 aromatic heterocycles. The molecule has 2 aromatic rings. The molecule has 0 saturated carbocycles. The molecule has 0 aliphatic carbocycles. The molecule has 0 aliphatic rings. The zero-order valence-electron chi connectivity index (χ0n) is 9.79. The number of nitrogens with zero attached hydrogens (tertiary/aromatic N) is 2. The monoisotopic (exact) mass is 237 g/mol. The van der Waals surface area contributed by atoms with Gasteiger partial charge in [-0.15, -0.1) is 0 Å². The van der Waals surface area contributed by atoms with Crippen molar-refractivity contribution in [1.82, 2.24) is 9.78 Å². The van der Waals surface area contributed by atoms with Crippen LogP contribution in [0.25, 0.3) is 10.9 Å². The van der Waals surface area contributed by atoms with Crippen molar-refractivity contribution in [2.75, 3.05) is 0 Å². The van der Waals surface area contributed by atoms with Crippen LogP contribution >= 0.6 is 11.6 Å². The third kappa shape index (κ3) is 2.20. The molecule has 0 bridgehead atoms. The Morgan fingerprint density at radius 3 is 2.75 bits per heavy atom. The molecule has 0 amide bonds.